The van der Waals surface area contributed by atoms with Crippen LogP contribution in [0.3, 0.4) is 0 Å². The Morgan fingerprint density at radius 2 is 1.56 bits per heavy atom. The average molecular weight is 543 g/mol. The highest BCUT2D eigenvalue weighted by atomic mass is 16.4. The summed E-state index contributed by atoms with van der Waals surface area (Å²) in [6.45, 7) is 7.26. The number of imidazole rings is 2. The molecule has 206 valence electrons. The van der Waals surface area contributed by atoms with Crippen LogP contribution in [0.25, 0.3) is 44.6 Å². The first kappa shape index (κ1) is 26.5. The van der Waals surface area contributed by atoms with Crippen LogP contribution in [0.4, 0.5) is 0 Å². The van der Waals surface area contributed by atoms with Gasteiger partial charge in [-0.15, -0.1) is 0 Å². The molecule has 0 saturated carbocycles. The Kier molecular flexibility index (Phi) is 6.91. The molecule has 0 spiro atoms. The number of nitrogens with zero attached hydrogens (tertiary/aromatic N) is 4. The summed E-state index contributed by atoms with van der Waals surface area (Å²) in [5.41, 5.74) is 9.50. The quantitative estimate of drug-likeness (QED) is 0.210. The molecule has 4 aromatic carbocycles. The van der Waals surface area contributed by atoms with Crippen molar-refractivity contribution in [2.45, 2.75) is 46.1 Å². The van der Waals surface area contributed by atoms with Gasteiger partial charge in [-0.1, -0.05) is 68.4 Å². The first-order valence-corrected chi connectivity index (χ1v) is 14.2. The Morgan fingerprint density at radius 3 is 2.27 bits per heavy atom. The minimum absolute atomic E-state index is 0.307. The van der Waals surface area contributed by atoms with Crippen molar-refractivity contribution in [3.05, 3.63) is 107 Å². The van der Waals surface area contributed by atoms with Gasteiger partial charge in [-0.25, -0.2) is 14.8 Å². The lowest BCUT2D eigenvalue weighted by molar-refractivity contribution is 0.0697. The maximum absolute atomic E-state index is 11.8. The van der Waals surface area contributed by atoms with Gasteiger partial charge < -0.3 is 14.2 Å². The summed E-state index contributed by atoms with van der Waals surface area (Å²) >= 11 is 0. The molecule has 6 nitrogen and oxygen atoms in total. The van der Waals surface area contributed by atoms with Crippen LogP contribution < -0.4 is 0 Å². The molecule has 0 aliphatic rings. The molecule has 2 heterocycles. The van der Waals surface area contributed by atoms with Gasteiger partial charge >= 0.3 is 5.97 Å². The molecule has 0 saturated heterocycles. The number of carbonyl (C=O) groups is 1. The average Bonchev–Trinajstić information content (AvgIpc) is 3.52. The first-order chi connectivity index (χ1) is 19.9. The molecule has 0 aliphatic heterocycles. The van der Waals surface area contributed by atoms with E-state index in [1.165, 1.54) is 0 Å². The number of rotatable bonds is 8. The van der Waals surface area contributed by atoms with Gasteiger partial charge in [0.2, 0.25) is 0 Å². The minimum atomic E-state index is -0.920. The summed E-state index contributed by atoms with van der Waals surface area (Å²) in [4.78, 5) is 22.0. The number of aryl methyl sites for hydroxylation is 2. The Balaban J connectivity index is 1.46. The lowest BCUT2D eigenvalue weighted by atomic mass is 9.98. The number of para-hydroxylation sites is 2. The second-order valence-electron chi connectivity index (χ2n) is 10.8. The van der Waals surface area contributed by atoms with E-state index in [1.807, 2.05) is 36.4 Å². The highest BCUT2D eigenvalue weighted by Crippen LogP contribution is 2.34. The smallest absolute Gasteiger partial charge is 0.336 e. The topological polar surface area (TPSA) is 72.9 Å². The minimum Gasteiger partial charge on any atom is -0.478 e. The van der Waals surface area contributed by atoms with Crippen molar-refractivity contribution in [3.8, 4) is 22.5 Å². The summed E-state index contributed by atoms with van der Waals surface area (Å²) in [6, 6.07) is 28.0. The van der Waals surface area contributed by atoms with Gasteiger partial charge in [-0.05, 0) is 72.4 Å². The number of benzene rings is 4. The fourth-order valence-electron chi connectivity index (χ4n) is 5.97. The number of hydrogen-bond acceptors (Lipinski definition) is 3. The van der Waals surface area contributed by atoms with Gasteiger partial charge in [0.25, 0.3) is 0 Å². The van der Waals surface area contributed by atoms with Crippen molar-refractivity contribution in [2.24, 2.45) is 7.05 Å². The zero-order valence-electron chi connectivity index (χ0n) is 23.9. The van der Waals surface area contributed by atoms with Crippen molar-refractivity contribution < 1.29 is 9.90 Å². The van der Waals surface area contributed by atoms with E-state index in [0.29, 0.717) is 18.0 Å². The summed E-state index contributed by atoms with van der Waals surface area (Å²) in [6.07, 6.45) is 2.03. The number of fused-ring (bicyclic) bond motifs is 2. The second-order valence-corrected chi connectivity index (χ2v) is 10.8. The zero-order chi connectivity index (χ0) is 28.7. The third-order valence-corrected chi connectivity index (χ3v) is 8.23. The van der Waals surface area contributed by atoms with Gasteiger partial charge in [0.1, 0.15) is 11.6 Å². The van der Waals surface area contributed by atoms with E-state index < -0.39 is 5.97 Å². The fraction of sp³-hybridized carbons (Fsp3) is 0.229. The number of aromatic nitrogens is 4. The van der Waals surface area contributed by atoms with Crippen molar-refractivity contribution in [1.82, 2.24) is 19.1 Å². The summed E-state index contributed by atoms with van der Waals surface area (Å²) in [5.74, 6) is 1.48. The van der Waals surface area contributed by atoms with E-state index in [0.717, 1.165) is 74.4 Å². The molecule has 0 radical (unpaired) electrons. The molecule has 0 unspecified atom stereocenters. The first-order valence-electron chi connectivity index (χ1n) is 14.2. The van der Waals surface area contributed by atoms with Crippen LogP contribution in [0.2, 0.25) is 0 Å². The number of carboxylic acid groups (broad SMARTS) is 1. The van der Waals surface area contributed by atoms with E-state index >= 15 is 0 Å². The summed E-state index contributed by atoms with van der Waals surface area (Å²) in [7, 11) is 2.07. The number of carboxylic acids is 1. The van der Waals surface area contributed by atoms with Crippen LogP contribution in [0.1, 0.15) is 59.9 Å². The van der Waals surface area contributed by atoms with Crippen molar-refractivity contribution in [3.63, 3.8) is 0 Å². The van der Waals surface area contributed by atoms with Crippen molar-refractivity contribution in [1.29, 1.82) is 0 Å². The molecule has 0 amide bonds. The van der Waals surface area contributed by atoms with Gasteiger partial charge in [0, 0.05) is 25.1 Å². The molecular weight excluding hydrogens is 508 g/mol. The van der Waals surface area contributed by atoms with E-state index in [9.17, 15) is 9.90 Å². The second kappa shape index (κ2) is 10.7. The summed E-state index contributed by atoms with van der Waals surface area (Å²) < 4.78 is 4.53. The molecule has 6 rings (SSSR count). The molecular formula is C35H34N4O2. The molecule has 0 atom stereocenters. The lowest BCUT2D eigenvalue weighted by Crippen LogP contribution is -2.09. The maximum atomic E-state index is 11.8. The van der Waals surface area contributed by atoms with Crippen LogP contribution >= 0.6 is 0 Å². The normalized spacial score (nSPS) is 11.6. The predicted octanol–water partition coefficient (Wildman–Crippen LogP) is 8.22. The largest absolute Gasteiger partial charge is 0.478 e. The van der Waals surface area contributed by atoms with Crippen molar-refractivity contribution in [2.75, 3.05) is 0 Å². The number of hydrogen-bond donors (Lipinski definition) is 1. The predicted molar refractivity (Wildman–Crippen MR) is 165 cm³/mol. The summed E-state index contributed by atoms with van der Waals surface area (Å²) in [5, 5.41) is 9.65. The third kappa shape index (κ3) is 4.69. The van der Waals surface area contributed by atoms with E-state index in [-0.39, 0.29) is 0 Å². The number of aromatic carboxylic acids is 1. The van der Waals surface area contributed by atoms with Crippen LogP contribution in [0, 0.1) is 6.92 Å². The van der Waals surface area contributed by atoms with Gasteiger partial charge in [-0.3, -0.25) is 0 Å². The molecule has 1 N–H and O–H groups in total. The molecule has 0 aliphatic carbocycles. The van der Waals surface area contributed by atoms with Crippen LogP contribution in [0.5, 0.6) is 0 Å². The highest BCUT2D eigenvalue weighted by Gasteiger charge is 2.21. The molecule has 0 fully saturated rings. The molecule has 2 aromatic heterocycles. The molecule has 6 aromatic rings. The Labute approximate surface area is 239 Å². The molecule has 41 heavy (non-hydrogen) atoms. The zero-order valence-corrected chi connectivity index (χ0v) is 23.9. The SMILES string of the molecule is CCC(CC)c1nc2c(C)cc(-c3nc4ccccc4n3C)cc2n1Cc1ccc(-c2ccccc2C(=O)O)cc1. The monoisotopic (exact) mass is 542 g/mol. The van der Waals surface area contributed by atoms with Crippen molar-refractivity contribution >= 4 is 28.0 Å². The molecule has 6 heteroatoms. The maximum Gasteiger partial charge on any atom is 0.336 e. The Hall–Kier alpha value is -4.71. The van der Waals surface area contributed by atoms with Crippen LogP contribution in [0.15, 0.2) is 84.9 Å². The van der Waals surface area contributed by atoms with E-state index in [4.69, 9.17) is 9.97 Å². The highest BCUT2D eigenvalue weighted by molar-refractivity contribution is 5.96. The lowest BCUT2D eigenvalue weighted by Gasteiger charge is -2.16. The standard InChI is InChI=1S/C35H34N4O2/c1-5-24(6-2)34-37-32-22(3)19-26(33-36-29-13-9-10-14-30(29)38(33)4)20-31(32)39(34)21-23-15-17-25(18-16-23)27-11-7-8-12-28(27)35(40)41/h7-20,24H,5-6,21H2,1-4H3,(H,40,41). The third-order valence-electron chi connectivity index (χ3n) is 8.23. The van der Waals surface area contributed by atoms with Crippen LogP contribution in [-0.2, 0) is 13.6 Å². The van der Waals surface area contributed by atoms with Gasteiger partial charge in [0.05, 0.1) is 27.6 Å². The van der Waals surface area contributed by atoms with E-state index in [1.54, 1.807) is 12.1 Å². The van der Waals surface area contributed by atoms with E-state index in [2.05, 4.69) is 73.4 Å². The molecule has 0 bridgehead atoms. The Bertz CT molecular complexity index is 1890. The van der Waals surface area contributed by atoms with Gasteiger partial charge in [-0.2, -0.15) is 0 Å². The van der Waals surface area contributed by atoms with Crippen LogP contribution in [-0.4, -0.2) is 30.2 Å². The van der Waals surface area contributed by atoms with Gasteiger partial charge in [0.15, 0.2) is 0 Å². The fourth-order valence-corrected chi connectivity index (χ4v) is 5.97. The Morgan fingerprint density at radius 1 is 0.854 bits per heavy atom.